The summed E-state index contributed by atoms with van der Waals surface area (Å²) in [5, 5.41) is 8.81. The molecule has 1 heterocycles. The minimum absolute atomic E-state index is 0.00508. The zero-order valence-corrected chi connectivity index (χ0v) is 6.41. The lowest BCUT2D eigenvalue weighted by atomic mass is 10.4. The van der Waals surface area contributed by atoms with E-state index in [2.05, 4.69) is 13.6 Å². The second kappa shape index (κ2) is 2.98. The molecule has 1 saturated heterocycles. The summed E-state index contributed by atoms with van der Waals surface area (Å²) in [6.07, 6.45) is -0.697. The highest BCUT2D eigenvalue weighted by Gasteiger charge is 2.31. The van der Waals surface area contributed by atoms with Gasteiger partial charge in [0.25, 0.3) is 0 Å². The lowest BCUT2D eigenvalue weighted by Gasteiger charge is -2.23. The fourth-order valence-corrected chi connectivity index (χ4v) is 1.54. The number of aliphatic hydroxyl groups is 1. The van der Waals surface area contributed by atoms with Crippen LogP contribution in [0.3, 0.4) is 0 Å². The van der Waals surface area contributed by atoms with Gasteiger partial charge in [0.1, 0.15) is 6.10 Å². The zero-order valence-electron chi connectivity index (χ0n) is 5.52. The zero-order chi connectivity index (χ0) is 7.61. The molecule has 0 saturated carbocycles. The van der Waals surface area contributed by atoms with Crippen LogP contribution in [0, 0.1) is 0 Å². The maximum absolute atomic E-state index is 11.0. The van der Waals surface area contributed by atoms with Gasteiger partial charge in [0, 0.05) is 7.11 Å². The molecule has 0 bridgehead atoms. The standard InChI is InChI=1S/C4H9O5P/c1-7-10(6)8-2-4(5)3-9-10/h4-5H,2-3H2,1H3. The largest absolute Gasteiger partial charge is 0.474 e. The molecule has 0 aromatic heterocycles. The molecule has 0 aliphatic carbocycles. The molecule has 0 aromatic rings. The average molecular weight is 168 g/mol. The van der Waals surface area contributed by atoms with E-state index in [-0.39, 0.29) is 13.2 Å². The maximum atomic E-state index is 11.0. The highest BCUT2D eigenvalue weighted by Crippen LogP contribution is 2.50. The second-order valence-electron chi connectivity index (χ2n) is 1.88. The first kappa shape index (κ1) is 8.17. The molecular formula is C4H9O5P. The van der Waals surface area contributed by atoms with Gasteiger partial charge in [-0.2, -0.15) is 0 Å². The van der Waals surface area contributed by atoms with Gasteiger partial charge in [-0.15, -0.1) is 0 Å². The summed E-state index contributed by atoms with van der Waals surface area (Å²) < 4.78 is 24.6. The molecule has 1 rings (SSSR count). The third-order valence-electron chi connectivity index (χ3n) is 1.07. The van der Waals surface area contributed by atoms with Gasteiger partial charge < -0.3 is 5.11 Å². The monoisotopic (exact) mass is 168 g/mol. The van der Waals surface area contributed by atoms with Gasteiger partial charge in [-0.3, -0.25) is 13.6 Å². The SMILES string of the molecule is COP1(=O)OCC(O)CO1. The van der Waals surface area contributed by atoms with Gasteiger partial charge in [0.05, 0.1) is 13.2 Å². The first-order valence-corrected chi connectivity index (χ1v) is 4.25. The van der Waals surface area contributed by atoms with Crippen molar-refractivity contribution in [2.24, 2.45) is 0 Å². The molecule has 1 aliphatic rings. The van der Waals surface area contributed by atoms with Gasteiger partial charge in [-0.25, -0.2) is 4.57 Å². The quantitative estimate of drug-likeness (QED) is 0.564. The molecule has 10 heavy (non-hydrogen) atoms. The molecule has 0 spiro atoms. The summed E-state index contributed by atoms with van der Waals surface area (Å²) in [5.74, 6) is 0. The van der Waals surface area contributed by atoms with E-state index in [1.165, 1.54) is 7.11 Å². The van der Waals surface area contributed by atoms with E-state index in [1.54, 1.807) is 0 Å². The topological polar surface area (TPSA) is 65.0 Å². The third-order valence-corrected chi connectivity index (χ3v) is 2.45. The summed E-state index contributed by atoms with van der Waals surface area (Å²) >= 11 is 0. The van der Waals surface area contributed by atoms with E-state index in [4.69, 9.17) is 5.11 Å². The van der Waals surface area contributed by atoms with Crippen LogP contribution >= 0.6 is 7.82 Å². The van der Waals surface area contributed by atoms with Crippen molar-refractivity contribution in [3.8, 4) is 0 Å². The first-order chi connectivity index (χ1) is 4.66. The fourth-order valence-electron chi connectivity index (χ4n) is 0.545. The van der Waals surface area contributed by atoms with E-state index >= 15 is 0 Å². The van der Waals surface area contributed by atoms with Crippen LogP contribution in [-0.2, 0) is 18.1 Å². The van der Waals surface area contributed by atoms with Crippen LogP contribution in [0.5, 0.6) is 0 Å². The molecule has 1 aliphatic heterocycles. The molecule has 0 aromatic carbocycles. The highest BCUT2D eigenvalue weighted by atomic mass is 31.2. The summed E-state index contributed by atoms with van der Waals surface area (Å²) in [6, 6.07) is 0. The molecule has 0 amide bonds. The number of phosphoric ester groups is 1. The van der Waals surface area contributed by atoms with Crippen molar-refractivity contribution >= 4 is 7.82 Å². The molecule has 5 nitrogen and oxygen atoms in total. The minimum Gasteiger partial charge on any atom is -0.388 e. The van der Waals surface area contributed by atoms with E-state index in [0.717, 1.165) is 0 Å². The molecule has 0 atom stereocenters. The molecule has 1 N–H and O–H groups in total. The van der Waals surface area contributed by atoms with Crippen LogP contribution in [0.25, 0.3) is 0 Å². The van der Waals surface area contributed by atoms with Gasteiger partial charge in [-0.05, 0) is 0 Å². The Balaban J connectivity index is 2.46. The van der Waals surface area contributed by atoms with Crippen LogP contribution in [-0.4, -0.2) is 31.5 Å². The lowest BCUT2D eigenvalue weighted by molar-refractivity contribution is -0.00906. The molecule has 6 heteroatoms. The van der Waals surface area contributed by atoms with Gasteiger partial charge in [0.15, 0.2) is 0 Å². The van der Waals surface area contributed by atoms with Gasteiger partial charge in [0.2, 0.25) is 0 Å². The number of hydrogen-bond acceptors (Lipinski definition) is 5. The van der Waals surface area contributed by atoms with Crippen molar-refractivity contribution in [2.45, 2.75) is 6.10 Å². The molecular weight excluding hydrogens is 159 g/mol. The third kappa shape index (κ3) is 1.78. The van der Waals surface area contributed by atoms with Crippen molar-refractivity contribution in [1.82, 2.24) is 0 Å². The smallest absolute Gasteiger partial charge is 0.388 e. The summed E-state index contributed by atoms with van der Waals surface area (Å²) in [4.78, 5) is 0. The molecule has 0 unspecified atom stereocenters. The predicted octanol–water partition coefficient (Wildman–Crippen LogP) is 0.149. The second-order valence-corrected chi connectivity index (χ2v) is 3.65. The molecule has 60 valence electrons. The molecule has 0 radical (unpaired) electrons. The Morgan fingerprint density at radius 3 is 2.50 bits per heavy atom. The van der Waals surface area contributed by atoms with E-state index in [0.29, 0.717) is 0 Å². The number of rotatable bonds is 1. The summed E-state index contributed by atoms with van der Waals surface area (Å²) in [7, 11) is -2.06. The van der Waals surface area contributed by atoms with E-state index in [1.807, 2.05) is 0 Å². The lowest BCUT2D eigenvalue weighted by Crippen LogP contribution is -2.26. The van der Waals surface area contributed by atoms with Crippen molar-refractivity contribution in [3.63, 3.8) is 0 Å². The Morgan fingerprint density at radius 2 is 2.10 bits per heavy atom. The van der Waals surface area contributed by atoms with Gasteiger partial charge in [-0.1, -0.05) is 0 Å². The van der Waals surface area contributed by atoms with Crippen molar-refractivity contribution in [2.75, 3.05) is 20.3 Å². The van der Waals surface area contributed by atoms with Gasteiger partial charge >= 0.3 is 7.82 Å². The normalized spacial score (nSPS) is 41.6. The number of hydrogen-bond donors (Lipinski definition) is 1. The van der Waals surface area contributed by atoms with E-state index < -0.39 is 13.9 Å². The Hall–Kier alpha value is 0.0700. The maximum Gasteiger partial charge on any atom is 0.474 e. The first-order valence-electron chi connectivity index (χ1n) is 2.79. The Kier molecular flexibility index (Phi) is 2.44. The predicted molar refractivity (Wildman–Crippen MR) is 32.5 cm³/mol. The Bertz CT molecular complexity index is 146. The van der Waals surface area contributed by atoms with Crippen LogP contribution in [0.15, 0.2) is 0 Å². The summed E-state index contributed by atoms with van der Waals surface area (Å²) in [6.45, 7) is 0.0102. The average Bonchev–Trinajstić information content (AvgIpc) is 1.96. The van der Waals surface area contributed by atoms with Crippen LogP contribution in [0.4, 0.5) is 0 Å². The number of phosphoric acid groups is 1. The van der Waals surface area contributed by atoms with Crippen molar-refractivity contribution < 1.29 is 23.2 Å². The highest BCUT2D eigenvalue weighted by molar-refractivity contribution is 7.48. The number of aliphatic hydroxyl groups excluding tert-OH is 1. The summed E-state index contributed by atoms with van der Waals surface area (Å²) in [5.41, 5.74) is 0. The Labute approximate surface area is 58.5 Å². The van der Waals surface area contributed by atoms with Crippen molar-refractivity contribution in [1.29, 1.82) is 0 Å². The van der Waals surface area contributed by atoms with Crippen LogP contribution < -0.4 is 0 Å². The van der Waals surface area contributed by atoms with Crippen molar-refractivity contribution in [3.05, 3.63) is 0 Å². The fraction of sp³-hybridized carbons (Fsp3) is 1.00. The van der Waals surface area contributed by atoms with Crippen LogP contribution in [0.1, 0.15) is 0 Å². The van der Waals surface area contributed by atoms with Crippen LogP contribution in [0.2, 0.25) is 0 Å². The molecule has 1 fully saturated rings. The van der Waals surface area contributed by atoms with E-state index in [9.17, 15) is 4.57 Å². The Morgan fingerprint density at radius 1 is 1.60 bits per heavy atom. The minimum atomic E-state index is -3.29.